The predicted molar refractivity (Wildman–Crippen MR) is 80.9 cm³/mol. The van der Waals surface area contributed by atoms with Crippen LogP contribution in [-0.4, -0.2) is 19.6 Å². The molecule has 0 bridgehead atoms. The van der Waals surface area contributed by atoms with E-state index in [2.05, 4.69) is 12.2 Å². The van der Waals surface area contributed by atoms with Gasteiger partial charge in [-0.2, -0.15) is 0 Å². The molecule has 2 atom stereocenters. The Morgan fingerprint density at radius 2 is 2.25 bits per heavy atom. The van der Waals surface area contributed by atoms with Crippen LogP contribution in [0.1, 0.15) is 43.0 Å². The number of methoxy groups -OCH3 is 1. The highest BCUT2D eigenvalue weighted by atomic mass is 16.5. The van der Waals surface area contributed by atoms with E-state index < -0.39 is 0 Å². The molecule has 4 nitrogen and oxygen atoms in total. The van der Waals surface area contributed by atoms with Gasteiger partial charge >= 0.3 is 0 Å². The lowest BCUT2D eigenvalue weighted by molar-refractivity contribution is 0.0937. The first-order valence-corrected chi connectivity index (χ1v) is 7.32. The molecule has 2 rings (SSSR count). The first kappa shape index (κ1) is 14.7. The second kappa shape index (κ2) is 6.64. The first-order chi connectivity index (χ1) is 9.60. The van der Waals surface area contributed by atoms with Crippen molar-refractivity contribution < 1.29 is 9.53 Å². The standard InChI is InChI=1S/C16H24N2O2/c1-11-4-3-5-12(8-11)10-18-16(19)14-7-6-13(17)9-15(14)20-2/h6-7,9,11-12H,3-5,8,10,17H2,1-2H3,(H,18,19). The molecule has 0 aliphatic heterocycles. The number of hydrogen-bond acceptors (Lipinski definition) is 3. The molecule has 0 radical (unpaired) electrons. The van der Waals surface area contributed by atoms with Crippen molar-refractivity contribution in [3.63, 3.8) is 0 Å². The van der Waals surface area contributed by atoms with Crippen LogP contribution in [0.25, 0.3) is 0 Å². The maximum absolute atomic E-state index is 12.2. The van der Waals surface area contributed by atoms with Crippen LogP contribution in [0.15, 0.2) is 18.2 Å². The summed E-state index contributed by atoms with van der Waals surface area (Å²) in [6.45, 7) is 3.04. The highest BCUT2D eigenvalue weighted by molar-refractivity contribution is 5.97. The van der Waals surface area contributed by atoms with E-state index in [1.807, 2.05) is 0 Å². The lowest BCUT2D eigenvalue weighted by atomic mass is 9.82. The molecule has 1 aromatic carbocycles. The van der Waals surface area contributed by atoms with Gasteiger partial charge in [0.15, 0.2) is 0 Å². The molecule has 1 saturated carbocycles. The van der Waals surface area contributed by atoms with Crippen LogP contribution in [0.4, 0.5) is 5.69 Å². The summed E-state index contributed by atoms with van der Waals surface area (Å²) in [6.07, 6.45) is 5.01. The Balaban J connectivity index is 1.94. The van der Waals surface area contributed by atoms with E-state index in [0.717, 1.165) is 12.5 Å². The van der Waals surface area contributed by atoms with Gasteiger partial charge in [0, 0.05) is 18.3 Å². The Labute approximate surface area is 120 Å². The molecule has 4 heteroatoms. The average Bonchev–Trinajstić information content (AvgIpc) is 2.44. The number of nitrogens with two attached hydrogens (primary N) is 1. The topological polar surface area (TPSA) is 64.3 Å². The fourth-order valence-corrected chi connectivity index (χ4v) is 2.97. The number of carbonyl (C=O) groups is 1. The van der Waals surface area contributed by atoms with E-state index in [0.29, 0.717) is 22.9 Å². The predicted octanol–water partition coefficient (Wildman–Crippen LogP) is 2.83. The van der Waals surface area contributed by atoms with Gasteiger partial charge in [-0.15, -0.1) is 0 Å². The van der Waals surface area contributed by atoms with E-state index >= 15 is 0 Å². The van der Waals surface area contributed by atoms with Crippen LogP contribution in [0.2, 0.25) is 0 Å². The number of hydrogen-bond donors (Lipinski definition) is 2. The number of ether oxygens (including phenoxy) is 1. The summed E-state index contributed by atoms with van der Waals surface area (Å²) < 4.78 is 5.22. The number of anilines is 1. The minimum Gasteiger partial charge on any atom is -0.496 e. The van der Waals surface area contributed by atoms with Gasteiger partial charge in [-0.3, -0.25) is 4.79 Å². The fraction of sp³-hybridized carbons (Fsp3) is 0.562. The lowest BCUT2D eigenvalue weighted by Crippen LogP contribution is -2.31. The van der Waals surface area contributed by atoms with E-state index in [4.69, 9.17) is 10.5 Å². The molecule has 1 aliphatic rings. The molecule has 0 saturated heterocycles. The minimum atomic E-state index is -0.0833. The summed E-state index contributed by atoms with van der Waals surface area (Å²) in [7, 11) is 1.55. The quantitative estimate of drug-likeness (QED) is 0.831. The number of rotatable bonds is 4. The lowest BCUT2D eigenvalue weighted by Gasteiger charge is -2.26. The zero-order valence-electron chi connectivity index (χ0n) is 12.3. The Bertz CT molecular complexity index is 474. The van der Waals surface area contributed by atoms with Crippen molar-refractivity contribution in [3.05, 3.63) is 23.8 Å². The van der Waals surface area contributed by atoms with E-state index in [9.17, 15) is 4.79 Å². The van der Waals surface area contributed by atoms with Crippen molar-refractivity contribution in [1.82, 2.24) is 5.32 Å². The van der Waals surface area contributed by atoms with E-state index in [-0.39, 0.29) is 5.91 Å². The first-order valence-electron chi connectivity index (χ1n) is 7.32. The van der Waals surface area contributed by atoms with Gasteiger partial charge in [0.2, 0.25) is 0 Å². The largest absolute Gasteiger partial charge is 0.496 e. The summed E-state index contributed by atoms with van der Waals surface area (Å²) in [4.78, 5) is 12.2. The Hall–Kier alpha value is -1.71. The summed E-state index contributed by atoms with van der Waals surface area (Å²) in [5.74, 6) is 1.82. The molecular formula is C16H24N2O2. The summed E-state index contributed by atoms with van der Waals surface area (Å²) in [6, 6.07) is 5.12. The maximum atomic E-state index is 12.2. The van der Waals surface area contributed by atoms with Gasteiger partial charge in [0.1, 0.15) is 5.75 Å². The van der Waals surface area contributed by atoms with Crippen molar-refractivity contribution in [1.29, 1.82) is 0 Å². The van der Waals surface area contributed by atoms with Crippen LogP contribution in [0.5, 0.6) is 5.75 Å². The minimum absolute atomic E-state index is 0.0833. The smallest absolute Gasteiger partial charge is 0.255 e. The second-order valence-electron chi connectivity index (χ2n) is 5.81. The molecule has 20 heavy (non-hydrogen) atoms. The van der Waals surface area contributed by atoms with Crippen LogP contribution >= 0.6 is 0 Å². The van der Waals surface area contributed by atoms with Crippen molar-refractivity contribution in [2.45, 2.75) is 32.6 Å². The molecule has 1 fully saturated rings. The molecule has 3 N–H and O–H groups in total. The maximum Gasteiger partial charge on any atom is 0.255 e. The molecule has 0 aromatic heterocycles. The number of benzene rings is 1. The third-order valence-corrected chi connectivity index (χ3v) is 4.07. The monoisotopic (exact) mass is 276 g/mol. The van der Waals surface area contributed by atoms with Crippen LogP contribution in [-0.2, 0) is 0 Å². The Morgan fingerprint density at radius 3 is 2.95 bits per heavy atom. The molecule has 110 valence electrons. The van der Waals surface area contributed by atoms with Gasteiger partial charge < -0.3 is 15.8 Å². The Kier molecular flexibility index (Phi) is 4.88. The van der Waals surface area contributed by atoms with Crippen LogP contribution < -0.4 is 15.8 Å². The number of amides is 1. The van der Waals surface area contributed by atoms with Crippen molar-refractivity contribution in [2.75, 3.05) is 19.4 Å². The average molecular weight is 276 g/mol. The number of nitrogens with one attached hydrogen (secondary N) is 1. The molecular weight excluding hydrogens is 252 g/mol. The molecule has 1 aromatic rings. The molecule has 2 unspecified atom stereocenters. The summed E-state index contributed by atoms with van der Waals surface area (Å²) in [5, 5.41) is 3.02. The fourth-order valence-electron chi connectivity index (χ4n) is 2.97. The van der Waals surface area contributed by atoms with Crippen LogP contribution in [0, 0.1) is 11.8 Å². The van der Waals surface area contributed by atoms with E-state index in [1.54, 1.807) is 25.3 Å². The zero-order valence-corrected chi connectivity index (χ0v) is 12.3. The molecule has 1 aliphatic carbocycles. The molecule has 1 amide bonds. The third-order valence-electron chi connectivity index (χ3n) is 4.07. The van der Waals surface area contributed by atoms with Crippen molar-refractivity contribution >= 4 is 11.6 Å². The SMILES string of the molecule is COc1cc(N)ccc1C(=O)NCC1CCCC(C)C1. The van der Waals surface area contributed by atoms with Crippen LogP contribution in [0.3, 0.4) is 0 Å². The van der Waals surface area contributed by atoms with E-state index in [1.165, 1.54) is 25.7 Å². The normalized spacial score (nSPS) is 22.3. The van der Waals surface area contributed by atoms with Gasteiger partial charge in [-0.1, -0.05) is 19.8 Å². The highest BCUT2D eigenvalue weighted by Crippen LogP contribution is 2.28. The highest BCUT2D eigenvalue weighted by Gasteiger charge is 2.20. The van der Waals surface area contributed by atoms with Gasteiger partial charge in [-0.25, -0.2) is 0 Å². The zero-order chi connectivity index (χ0) is 14.5. The Morgan fingerprint density at radius 1 is 1.45 bits per heavy atom. The van der Waals surface area contributed by atoms with Gasteiger partial charge in [0.05, 0.1) is 12.7 Å². The van der Waals surface area contributed by atoms with Gasteiger partial charge in [-0.05, 0) is 36.8 Å². The second-order valence-corrected chi connectivity index (χ2v) is 5.81. The van der Waals surface area contributed by atoms with Gasteiger partial charge in [0.25, 0.3) is 5.91 Å². The molecule has 0 heterocycles. The number of nitrogen functional groups attached to an aromatic ring is 1. The third kappa shape index (κ3) is 3.65. The summed E-state index contributed by atoms with van der Waals surface area (Å²) in [5.41, 5.74) is 6.84. The molecule has 0 spiro atoms. The number of carbonyl (C=O) groups excluding carboxylic acids is 1. The summed E-state index contributed by atoms with van der Waals surface area (Å²) >= 11 is 0. The van der Waals surface area contributed by atoms with Crippen molar-refractivity contribution in [2.24, 2.45) is 11.8 Å². The van der Waals surface area contributed by atoms with Crippen molar-refractivity contribution in [3.8, 4) is 5.75 Å².